The Balaban J connectivity index is 1.43. The van der Waals surface area contributed by atoms with Crippen LogP contribution in [0.3, 0.4) is 0 Å². The Labute approximate surface area is 230 Å². The van der Waals surface area contributed by atoms with Crippen molar-refractivity contribution in [2.75, 3.05) is 0 Å². The third-order valence-electron chi connectivity index (χ3n) is 7.87. The first-order valence-corrected chi connectivity index (χ1v) is 13.3. The van der Waals surface area contributed by atoms with Gasteiger partial charge in [0.15, 0.2) is 0 Å². The third-order valence-corrected chi connectivity index (χ3v) is 7.87. The zero-order valence-electron chi connectivity index (χ0n) is 21.5. The molecule has 0 saturated carbocycles. The van der Waals surface area contributed by atoms with Crippen LogP contribution < -0.4 is 0 Å². The van der Waals surface area contributed by atoms with Crippen molar-refractivity contribution in [1.82, 2.24) is 4.57 Å². The highest BCUT2D eigenvalue weighted by molar-refractivity contribution is 6.10. The molecule has 0 spiro atoms. The van der Waals surface area contributed by atoms with E-state index in [-0.39, 0.29) is 0 Å². The molecule has 0 bridgehead atoms. The van der Waals surface area contributed by atoms with Gasteiger partial charge in [0.25, 0.3) is 0 Å². The maximum Gasteiger partial charge on any atom is 0.135 e. The molecule has 3 heteroatoms. The second-order valence-electron chi connectivity index (χ2n) is 10.0. The van der Waals surface area contributed by atoms with E-state index in [0.717, 1.165) is 60.9 Å². The molecule has 0 fully saturated rings. The summed E-state index contributed by atoms with van der Waals surface area (Å²) in [5.41, 5.74) is 9.72. The van der Waals surface area contributed by atoms with Crippen LogP contribution in [0.1, 0.15) is 5.56 Å². The lowest BCUT2D eigenvalue weighted by Gasteiger charge is -2.18. The lowest BCUT2D eigenvalue weighted by molar-refractivity contribution is 0.669. The minimum absolute atomic E-state index is 0.640. The van der Waals surface area contributed by atoms with Gasteiger partial charge in [-0.15, -0.1) is 0 Å². The molecule has 40 heavy (non-hydrogen) atoms. The molecule has 0 aliphatic carbocycles. The van der Waals surface area contributed by atoms with Crippen LogP contribution in [-0.4, -0.2) is 4.57 Å². The first-order valence-electron chi connectivity index (χ1n) is 13.3. The van der Waals surface area contributed by atoms with Crippen molar-refractivity contribution in [3.05, 3.63) is 139 Å². The normalized spacial score (nSPS) is 11.5. The van der Waals surface area contributed by atoms with Crippen molar-refractivity contribution in [3.63, 3.8) is 0 Å². The molecule has 0 unspecified atom stereocenters. The van der Waals surface area contributed by atoms with Crippen molar-refractivity contribution in [1.29, 1.82) is 5.26 Å². The summed E-state index contributed by atoms with van der Waals surface area (Å²) >= 11 is 0. The number of furan rings is 1. The van der Waals surface area contributed by atoms with E-state index in [2.05, 4.69) is 108 Å². The largest absolute Gasteiger partial charge is 0.456 e. The van der Waals surface area contributed by atoms with Crippen molar-refractivity contribution >= 4 is 43.7 Å². The van der Waals surface area contributed by atoms with Gasteiger partial charge in [0.05, 0.1) is 28.4 Å². The maximum absolute atomic E-state index is 10.3. The summed E-state index contributed by atoms with van der Waals surface area (Å²) in [5, 5.41) is 14.8. The average molecular weight is 511 g/mol. The number of hydrogen-bond donors (Lipinski definition) is 0. The van der Waals surface area contributed by atoms with E-state index in [9.17, 15) is 5.26 Å². The van der Waals surface area contributed by atoms with E-state index >= 15 is 0 Å². The molecule has 0 aliphatic heterocycles. The van der Waals surface area contributed by atoms with Crippen LogP contribution >= 0.6 is 0 Å². The quantitative estimate of drug-likeness (QED) is 0.237. The van der Waals surface area contributed by atoms with Gasteiger partial charge in [-0.05, 0) is 53.6 Å². The predicted molar refractivity (Wildman–Crippen MR) is 164 cm³/mol. The molecule has 2 heterocycles. The van der Waals surface area contributed by atoms with Crippen molar-refractivity contribution in [3.8, 4) is 34.0 Å². The van der Waals surface area contributed by atoms with E-state index in [1.807, 2.05) is 36.4 Å². The lowest BCUT2D eigenvalue weighted by atomic mass is 9.89. The molecule has 0 amide bonds. The van der Waals surface area contributed by atoms with Gasteiger partial charge in [-0.2, -0.15) is 5.26 Å². The Bertz CT molecular complexity index is 2240. The molecule has 0 aliphatic rings. The third kappa shape index (κ3) is 3.24. The molecular formula is C37H22N2O. The summed E-state index contributed by atoms with van der Waals surface area (Å²) in [5.74, 6) is 0. The van der Waals surface area contributed by atoms with Crippen molar-refractivity contribution in [2.45, 2.75) is 0 Å². The summed E-state index contributed by atoms with van der Waals surface area (Å²) in [7, 11) is 0. The maximum atomic E-state index is 10.3. The monoisotopic (exact) mass is 510 g/mol. The zero-order valence-corrected chi connectivity index (χ0v) is 21.5. The first kappa shape index (κ1) is 22.4. The molecule has 6 aromatic carbocycles. The molecule has 3 nitrogen and oxygen atoms in total. The number of nitriles is 1. The van der Waals surface area contributed by atoms with Crippen LogP contribution in [0.15, 0.2) is 138 Å². The average Bonchev–Trinajstić information content (AvgIpc) is 3.56. The first-order chi connectivity index (χ1) is 19.8. The van der Waals surface area contributed by atoms with Gasteiger partial charge < -0.3 is 8.98 Å². The summed E-state index contributed by atoms with van der Waals surface area (Å²) in [4.78, 5) is 0. The van der Waals surface area contributed by atoms with Crippen molar-refractivity contribution < 1.29 is 4.42 Å². The van der Waals surface area contributed by atoms with Crippen LogP contribution in [0.4, 0.5) is 0 Å². The fourth-order valence-electron chi connectivity index (χ4n) is 6.14. The summed E-state index contributed by atoms with van der Waals surface area (Å²) in [6, 6.07) is 48.4. The Hall–Kier alpha value is -5.59. The molecule has 0 saturated heterocycles. The molecule has 0 atom stereocenters. The van der Waals surface area contributed by atoms with Crippen LogP contribution in [0, 0.1) is 11.3 Å². The number of fused-ring (bicyclic) bond motifs is 6. The van der Waals surface area contributed by atoms with E-state index in [4.69, 9.17) is 4.42 Å². The van der Waals surface area contributed by atoms with Crippen LogP contribution in [0.2, 0.25) is 0 Å². The van der Waals surface area contributed by atoms with Crippen molar-refractivity contribution in [2.24, 2.45) is 0 Å². The van der Waals surface area contributed by atoms with E-state index in [1.165, 1.54) is 10.8 Å². The number of benzene rings is 6. The number of para-hydroxylation sites is 4. The van der Waals surface area contributed by atoms with E-state index < -0.39 is 0 Å². The molecule has 2 aromatic heterocycles. The summed E-state index contributed by atoms with van der Waals surface area (Å²) in [6.45, 7) is 0. The van der Waals surface area contributed by atoms with Crippen LogP contribution in [0.5, 0.6) is 0 Å². The SMILES string of the molecule is N#Cc1cccc(-c2ccccc2-n2c3ccccc3c3ccccc32)c1-c1ccc2oc3ccccc3c2c1. The minimum Gasteiger partial charge on any atom is -0.456 e. The Morgan fingerprint density at radius 3 is 1.93 bits per heavy atom. The standard InChI is InChI=1S/C37H22N2O/c38-23-25-10-9-15-30(37(25)24-20-21-36-31(22-24)29-14-4-8-19-35(29)40-36)28-13-3-7-18-34(28)39-32-16-5-1-11-26(32)27-12-2-6-17-33(27)39/h1-22H. The van der Waals surface area contributed by atoms with E-state index in [0.29, 0.717) is 5.56 Å². The zero-order chi connectivity index (χ0) is 26.6. The minimum atomic E-state index is 0.640. The molecule has 8 aromatic rings. The van der Waals surface area contributed by atoms with Gasteiger partial charge in [0.1, 0.15) is 11.2 Å². The highest BCUT2D eigenvalue weighted by Gasteiger charge is 2.19. The molecule has 8 rings (SSSR count). The van der Waals surface area contributed by atoms with Gasteiger partial charge >= 0.3 is 0 Å². The highest BCUT2D eigenvalue weighted by Crippen LogP contribution is 2.42. The van der Waals surface area contributed by atoms with Gasteiger partial charge in [-0.25, -0.2) is 0 Å². The number of hydrogen-bond acceptors (Lipinski definition) is 2. The second kappa shape index (κ2) is 8.73. The smallest absolute Gasteiger partial charge is 0.135 e. The summed E-state index contributed by atoms with van der Waals surface area (Å²) < 4.78 is 8.44. The van der Waals surface area contributed by atoms with Crippen LogP contribution in [0.25, 0.3) is 71.7 Å². The molecule has 0 N–H and O–H groups in total. The lowest BCUT2D eigenvalue weighted by Crippen LogP contribution is -1.99. The Morgan fingerprint density at radius 2 is 1.15 bits per heavy atom. The fourth-order valence-corrected chi connectivity index (χ4v) is 6.14. The van der Waals surface area contributed by atoms with Gasteiger partial charge in [0, 0.05) is 32.7 Å². The fraction of sp³-hybridized carbons (Fsp3) is 0. The highest BCUT2D eigenvalue weighted by atomic mass is 16.3. The number of rotatable bonds is 3. The summed E-state index contributed by atoms with van der Waals surface area (Å²) in [6.07, 6.45) is 0. The Kier molecular flexibility index (Phi) is 4.89. The van der Waals surface area contributed by atoms with E-state index in [1.54, 1.807) is 0 Å². The van der Waals surface area contributed by atoms with Gasteiger partial charge in [-0.3, -0.25) is 0 Å². The predicted octanol–water partition coefficient (Wildman–Crippen LogP) is 9.89. The molecule has 186 valence electrons. The molecule has 0 radical (unpaired) electrons. The van der Waals surface area contributed by atoms with Gasteiger partial charge in [0.2, 0.25) is 0 Å². The number of nitrogens with zero attached hydrogens (tertiary/aromatic N) is 2. The number of aromatic nitrogens is 1. The van der Waals surface area contributed by atoms with Gasteiger partial charge in [-0.1, -0.05) is 91.0 Å². The molecular weight excluding hydrogens is 488 g/mol. The topological polar surface area (TPSA) is 41.9 Å². The Morgan fingerprint density at radius 1 is 0.525 bits per heavy atom. The van der Waals surface area contributed by atoms with Crippen LogP contribution in [-0.2, 0) is 0 Å². The second-order valence-corrected chi connectivity index (χ2v) is 10.0.